The minimum atomic E-state index is -4.43. The number of amides is 1. The van der Waals surface area contributed by atoms with Gasteiger partial charge in [-0.05, 0) is 47.9 Å². The molecule has 0 saturated carbocycles. The van der Waals surface area contributed by atoms with Gasteiger partial charge in [-0.15, -0.1) is 0 Å². The summed E-state index contributed by atoms with van der Waals surface area (Å²) in [5.74, 6) is -0.748. The third-order valence-corrected chi connectivity index (χ3v) is 7.08. The molecular weight excluding hydrogens is 450 g/mol. The molecule has 5 rings (SSSR count). The van der Waals surface area contributed by atoms with Crippen LogP contribution < -0.4 is 4.90 Å². The molecule has 0 radical (unpaired) electrons. The van der Waals surface area contributed by atoms with Gasteiger partial charge in [0.05, 0.1) is 30.7 Å². The van der Waals surface area contributed by atoms with Crippen LogP contribution in [0.2, 0.25) is 0 Å². The van der Waals surface area contributed by atoms with Crippen molar-refractivity contribution in [3.8, 4) is 0 Å². The van der Waals surface area contributed by atoms with Crippen molar-refractivity contribution in [2.45, 2.75) is 25.2 Å². The summed E-state index contributed by atoms with van der Waals surface area (Å²) >= 11 is 0. The van der Waals surface area contributed by atoms with Crippen LogP contribution in [0.4, 0.5) is 23.2 Å². The number of alkyl halides is 3. The zero-order valence-corrected chi connectivity index (χ0v) is 18.7. The highest BCUT2D eigenvalue weighted by atomic mass is 19.4. The Balaban J connectivity index is 1.43. The van der Waals surface area contributed by atoms with Crippen molar-refractivity contribution in [1.82, 2.24) is 9.80 Å². The standard InChI is InChI=1S/C25H27F4N3O2/c26-20-4-1-17(2-5-20)15-30-7-8-32-22-6-3-19(25(27,28)29)13-18(22)14-21(23(32)16-30)24(33)31-9-11-34-12-10-31/h1-6,13,21,23H,7-12,14-16H2/t21-,23-/m1/s1. The van der Waals surface area contributed by atoms with Gasteiger partial charge in [0.1, 0.15) is 5.82 Å². The number of carbonyl (C=O) groups is 1. The Kier molecular flexibility index (Phi) is 6.24. The van der Waals surface area contributed by atoms with Crippen molar-refractivity contribution >= 4 is 11.6 Å². The molecule has 0 spiro atoms. The van der Waals surface area contributed by atoms with E-state index in [0.717, 1.165) is 17.3 Å². The molecular formula is C25H27F4N3O2. The number of fused-ring (bicyclic) bond motifs is 3. The number of halogens is 4. The summed E-state index contributed by atoms with van der Waals surface area (Å²) in [6, 6.07) is 10.1. The van der Waals surface area contributed by atoms with E-state index in [2.05, 4.69) is 9.80 Å². The molecule has 0 N–H and O–H groups in total. The molecule has 3 heterocycles. The van der Waals surface area contributed by atoms with Gasteiger partial charge in [-0.1, -0.05) is 12.1 Å². The second-order valence-electron chi connectivity index (χ2n) is 9.21. The Morgan fingerprint density at radius 1 is 1.00 bits per heavy atom. The third-order valence-electron chi connectivity index (χ3n) is 7.08. The maximum atomic E-state index is 13.6. The highest BCUT2D eigenvalue weighted by Crippen LogP contribution is 2.40. The first kappa shape index (κ1) is 23.1. The second-order valence-corrected chi connectivity index (χ2v) is 9.21. The summed E-state index contributed by atoms with van der Waals surface area (Å²) in [6.45, 7) is 4.48. The van der Waals surface area contributed by atoms with Crippen LogP contribution in [0.3, 0.4) is 0 Å². The number of rotatable bonds is 3. The molecule has 9 heteroatoms. The Hall–Kier alpha value is -2.65. The molecule has 5 nitrogen and oxygen atoms in total. The van der Waals surface area contributed by atoms with E-state index in [4.69, 9.17) is 4.74 Å². The summed E-state index contributed by atoms with van der Waals surface area (Å²) in [7, 11) is 0. The van der Waals surface area contributed by atoms with Crippen molar-refractivity contribution < 1.29 is 27.1 Å². The van der Waals surface area contributed by atoms with Gasteiger partial charge in [-0.25, -0.2) is 4.39 Å². The SMILES string of the molecule is O=C([C@@H]1Cc2cc(C(F)(F)F)ccc2N2CCN(Cc3ccc(F)cc3)C[C@H]12)N1CCOCC1. The molecule has 0 aliphatic carbocycles. The van der Waals surface area contributed by atoms with Crippen molar-refractivity contribution in [1.29, 1.82) is 0 Å². The van der Waals surface area contributed by atoms with Crippen molar-refractivity contribution in [2.24, 2.45) is 5.92 Å². The van der Waals surface area contributed by atoms with Gasteiger partial charge in [0.25, 0.3) is 0 Å². The number of carbonyl (C=O) groups excluding carboxylic acids is 1. The first-order valence-electron chi connectivity index (χ1n) is 11.6. The number of benzene rings is 2. The minimum absolute atomic E-state index is 0.0232. The Morgan fingerprint density at radius 2 is 1.74 bits per heavy atom. The molecule has 2 aromatic carbocycles. The van der Waals surface area contributed by atoms with Gasteiger partial charge in [-0.2, -0.15) is 13.2 Å². The van der Waals surface area contributed by atoms with Crippen LogP contribution in [0.25, 0.3) is 0 Å². The quantitative estimate of drug-likeness (QED) is 0.634. The molecule has 2 atom stereocenters. The zero-order chi connectivity index (χ0) is 23.9. The molecule has 182 valence electrons. The summed E-state index contributed by atoms with van der Waals surface area (Å²) < 4.78 is 58.8. The average Bonchev–Trinajstić information content (AvgIpc) is 2.84. The fraction of sp³-hybridized carbons (Fsp3) is 0.480. The predicted molar refractivity (Wildman–Crippen MR) is 119 cm³/mol. The lowest BCUT2D eigenvalue weighted by atomic mass is 9.82. The Morgan fingerprint density at radius 3 is 2.44 bits per heavy atom. The maximum Gasteiger partial charge on any atom is 0.416 e. The van der Waals surface area contributed by atoms with Crippen molar-refractivity contribution in [3.05, 3.63) is 65.0 Å². The van der Waals surface area contributed by atoms with E-state index in [1.54, 1.807) is 23.1 Å². The monoisotopic (exact) mass is 477 g/mol. The van der Waals surface area contributed by atoms with Crippen LogP contribution in [0, 0.1) is 11.7 Å². The van der Waals surface area contributed by atoms with Crippen molar-refractivity contribution in [3.63, 3.8) is 0 Å². The van der Waals surface area contributed by atoms with E-state index in [1.807, 2.05) is 0 Å². The van der Waals surface area contributed by atoms with Crippen molar-refractivity contribution in [2.75, 3.05) is 50.8 Å². The molecule has 0 aromatic heterocycles. The summed E-state index contributed by atoms with van der Waals surface area (Å²) in [6.07, 6.45) is -4.15. The highest BCUT2D eigenvalue weighted by molar-refractivity contribution is 5.82. The Labute approximate surface area is 195 Å². The Bertz CT molecular complexity index is 1040. The molecule has 2 fully saturated rings. The second kappa shape index (κ2) is 9.19. The molecule has 34 heavy (non-hydrogen) atoms. The maximum absolute atomic E-state index is 13.6. The molecule has 3 aliphatic rings. The fourth-order valence-electron chi connectivity index (χ4n) is 5.35. The van der Waals surface area contributed by atoms with Gasteiger partial charge in [0, 0.05) is 45.0 Å². The number of piperazine rings is 1. The first-order valence-corrected chi connectivity index (χ1v) is 11.6. The van der Waals surface area contributed by atoms with Crippen LogP contribution in [0.1, 0.15) is 16.7 Å². The normalized spacial score (nSPS) is 23.4. The molecule has 2 saturated heterocycles. The van der Waals surface area contributed by atoms with E-state index >= 15 is 0 Å². The van der Waals surface area contributed by atoms with Gasteiger partial charge >= 0.3 is 6.18 Å². The number of morpholine rings is 1. The largest absolute Gasteiger partial charge is 0.416 e. The van der Waals surface area contributed by atoms with Gasteiger partial charge in [0.15, 0.2) is 0 Å². The smallest absolute Gasteiger partial charge is 0.378 e. The van der Waals surface area contributed by atoms with Gasteiger partial charge in [-0.3, -0.25) is 9.69 Å². The van der Waals surface area contributed by atoms with Crippen LogP contribution in [0.15, 0.2) is 42.5 Å². The number of ether oxygens (including phenoxy) is 1. The molecule has 0 bridgehead atoms. The van der Waals surface area contributed by atoms with E-state index in [0.29, 0.717) is 58.0 Å². The van der Waals surface area contributed by atoms with Crippen LogP contribution >= 0.6 is 0 Å². The van der Waals surface area contributed by atoms with E-state index in [-0.39, 0.29) is 24.2 Å². The van der Waals surface area contributed by atoms with Gasteiger partial charge < -0.3 is 14.5 Å². The first-order chi connectivity index (χ1) is 16.3. The lowest BCUT2D eigenvalue weighted by Crippen LogP contribution is -2.61. The number of hydrogen-bond acceptors (Lipinski definition) is 4. The summed E-state index contributed by atoms with van der Waals surface area (Å²) in [5.41, 5.74) is 1.66. The number of nitrogens with zero attached hydrogens (tertiary/aromatic N) is 3. The summed E-state index contributed by atoms with van der Waals surface area (Å²) in [4.78, 5) is 19.7. The zero-order valence-electron chi connectivity index (χ0n) is 18.7. The van der Waals surface area contributed by atoms with E-state index in [9.17, 15) is 22.4 Å². The third kappa shape index (κ3) is 4.63. The van der Waals surface area contributed by atoms with Crippen LogP contribution in [0.5, 0.6) is 0 Å². The predicted octanol–water partition coefficient (Wildman–Crippen LogP) is 3.57. The average molecular weight is 478 g/mol. The molecule has 2 aromatic rings. The topological polar surface area (TPSA) is 36.0 Å². The fourth-order valence-corrected chi connectivity index (χ4v) is 5.35. The summed E-state index contributed by atoms with van der Waals surface area (Å²) in [5, 5.41) is 0. The number of hydrogen-bond donors (Lipinski definition) is 0. The lowest BCUT2D eigenvalue weighted by molar-refractivity contribution is -0.141. The van der Waals surface area contributed by atoms with Crippen LogP contribution in [-0.4, -0.2) is 67.7 Å². The molecule has 0 unspecified atom stereocenters. The van der Waals surface area contributed by atoms with E-state index < -0.39 is 17.7 Å². The number of anilines is 1. The van der Waals surface area contributed by atoms with Crippen LogP contribution in [-0.2, 0) is 28.7 Å². The lowest BCUT2D eigenvalue weighted by Gasteiger charge is -2.50. The van der Waals surface area contributed by atoms with Gasteiger partial charge in [0.2, 0.25) is 5.91 Å². The highest BCUT2D eigenvalue weighted by Gasteiger charge is 2.44. The molecule has 3 aliphatic heterocycles. The van der Waals surface area contributed by atoms with E-state index in [1.165, 1.54) is 18.2 Å². The minimum Gasteiger partial charge on any atom is -0.378 e. The molecule has 1 amide bonds.